The highest BCUT2D eigenvalue weighted by Crippen LogP contribution is 2.44. The summed E-state index contributed by atoms with van der Waals surface area (Å²) >= 11 is 0. The summed E-state index contributed by atoms with van der Waals surface area (Å²) in [4.78, 5) is 24.2. The molecular formula is C31H33N5O2. The van der Waals surface area contributed by atoms with Crippen LogP contribution in [0.2, 0.25) is 0 Å². The summed E-state index contributed by atoms with van der Waals surface area (Å²) in [6, 6.07) is 22.9. The summed E-state index contributed by atoms with van der Waals surface area (Å²) in [5.41, 5.74) is 6.28. The highest BCUT2D eigenvalue weighted by atomic mass is 16.4. The molecule has 0 saturated carbocycles. The number of anilines is 1. The molecule has 1 unspecified atom stereocenters. The third-order valence-corrected chi connectivity index (χ3v) is 7.56. The molecule has 1 amide bonds. The summed E-state index contributed by atoms with van der Waals surface area (Å²) in [7, 11) is 5.96. The van der Waals surface area contributed by atoms with Gasteiger partial charge in [0, 0.05) is 38.3 Å². The van der Waals surface area contributed by atoms with Gasteiger partial charge in [0.1, 0.15) is 11.6 Å². The van der Waals surface area contributed by atoms with Crippen LogP contribution in [0.4, 0.5) is 5.69 Å². The van der Waals surface area contributed by atoms with Gasteiger partial charge in [-0.2, -0.15) is 5.26 Å². The number of aromatic nitrogens is 1. The van der Waals surface area contributed by atoms with Crippen LogP contribution < -0.4 is 4.90 Å². The van der Waals surface area contributed by atoms with Gasteiger partial charge >= 0.3 is 5.91 Å². The maximum atomic E-state index is 13.4. The van der Waals surface area contributed by atoms with Crippen molar-refractivity contribution in [1.82, 2.24) is 14.8 Å². The molecule has 1 aromatic heterocycles. The predicted molar refractivity (Wildman–Crippen MR) is 150 cm³/mol. The largest absolute Gasteiger partial charge is 0.430 e. The average Bonchev–Trinajstić information content (AvgIpc) is 3.60. The number of nitriles is 1. The number of fused-ring (bicyclic) bond motifs is 1. The van der Waals surface area contributed by atoms with E-state index in [0.29, 0.717) is 29.2 Å². The van der Waals surface area contributed by atoms with Gasteiger partial charge in [-0.3, -0.25) is 4.79 Å². The minimum atomic E-state index is -0.293. The van der Waals surface area contributed by atoms with Gasteiger partial charge < -0.3 is 19.1 Å². The third kappa shape index (κ3) is 4.75. The van der Waals surface area contributed by atoms with Gasteiger partial charge in [0.05, 0.1) is 11.3 Å². The molecule has 0 radical (unpaired) electrons. The first-order chi connectivity index (χ1) is 18.4. The average molecular weight is 508 g/mol. The minimum Gasteiger partial charge on any atom is -0.430 e. The van der Waals surface area contributed by atoms with Gasteiger partial charge in [0.2, 0.25) is 0 Å². The normalized spacial score (nSPS) is 15.3. The fourth-order valence-corrected chi connectivity index (χ4v) is 5.30. The lowest BCUT2D eigenvalue weighted by atomic mass is 9.93. The molecular weight excluding hydrogens is 474 g/mol. The van der Waals surface area contributed by atoms with Crippen molar-refractivity contribution < 1.29 is 9.21 Å². The molecule has 3 aromatic carbocycles. The van der Waals surface area contributed by atoms with E-state index >= 15 is 0 Å². The Bertz CT molecular complexity index is 1490. The number of amides is 1. The number of likely N-dealkylation sites (N-methyl/N-ethyl adjacent to an activating group) is 2. The maximum Gasteiger partial charge on any atom is 0.309 e. The zero-order chi connectivity index (χ0) is 26.8. The molecule has 38 heavy (non-hydrogen) atoms. The van der Waals surface area contributed by atoms with Gasteiger partial charge in [-0.15, -0.1) is 0 Å². The Hall–Kier alpha value is -4.15. The van der Waals surface area contributed by atoms with Crippen molar-refractivity contribution in [2.24, 2.45) is 0 Å². The topological polar surface area (TPSA) is 76.6 Å². The fraction of sp³-hybridized carbons (Fsp3) is 0.323. The Labute approximate surface area is 223 Å². The van der Waals surface area contributed by atoms with Crippen LogP contribution in [0.5, 0.6) is 0 Å². The zero-order valence-corrected chi connectivity index (χ0v) is 22.4. The van der Waals surface area contributed by atoms with Crippen LogP contribution in [0.3, 0.4) is 0 Å². The SMILES string of the molecule is Cc1c(-c2ccccc2)c(N2CCC(N(C)C)C2)c2oc(C(=O)N(C)CCc3ccccc3)nc2c1C#N. The molecule has 1 aliphatic rings. The van der Waals surface area contributed by atoms with E-state index in [1.807, 2.05) is 55.5 Å². The molecule has 1 fully saturated rings. The van der Waals surface area contributed by atoms with Gasteiger partial charge in [-0.05, 0) is 50.6 Å². The van der Waals surface area contributed by atoms with Crippen molar-refractivity contribution >= 4 is 22.7 Å². The third-order valence-electron chi connectivity index (χ3n) is 7.56. The number of carbonyl (C=O) groups is 1. The second-order valence-corrected chi connectivity index (χ2v) is 10.2. The lowest BCUT2D eigenvalue weighted by molar-refractivity contribution is 0.0760. The van der Waals surface area contributed by atoms with Gasteiger partial charge in [-0.1, -0.05) is 60.7 Å². The second-order valence-electron chi connectivity index (χ2n) is 10.2. The van der Waals surface area contributed by atoms with Crippen molar-refractivity contribution in [2.75, 3.05) is 45.7 Å². The summed E-state index contributed by atoms with van der Waals surface area (Å²) in [6.07, 6.45) is 1.75. The van der Waals surface area contributed by atoms with E-state index in [0.717, 1.165) is 53.9 Å². The summed E-state index contributed by atoms with van der Waals surface area (Å²) in [5, 5.41) is 10.2. The molecule has 0 aliphatic carbocycles. The van der Waals surface area contributed by atoms with Crippen molar-refractivity contribution in [3.05, 3.63) is 83.2 Å². The number of hydrogen-bond donors (Lipinski definition) is 0. The highest BCUT2D eigenvalue weighted by molar-refractivity contribution is 6.04. The van der Waals surface area contributed by atoms with Crippen molar-refractivity contribution in [2.45, 2.75) is 25.8 Å². The molecule has 1 aliphatic heterocycles. The number of carbonyl (C=O) groups excluding carboxylic acids is 1. The Morgan fingerprint density at radius 1 is 1.11 bits per heavy atom. The number of rotatable bonds is 7. The molecule has 1 atom stereocenters. The Balaban J connectivity index is 1.60. The van der Waals surface area contributed by atoms with E-state index in [1.54, 1.807) is 11.9 Å². The van der Waals surface area contributed by atoms with Crippen LogP contribution in [0.15, 0.2) is 65.1 Å². The van der Waals surface area contributed by atoms with Gasteiger partial charge in [0.25, 0.3) is 5.89 Å². The van der Waals surface area contributed by atoms with Gasteiger partial charge in [-0.25, -0.2) is 4.98 Å². The quantitative estimate of drug-likeness (QED) is 0.345. The van der Waals surface area contributed by atoms with Crippen molar-refractivity contribution in [1.29, 1.82) is 5.26 Å². The number of hydrogen-bond acceptors (Lipinski definition) is 6. The summed E-state index contributed by atoms with van der Waals surface area (Å²) in [6.45, 7) is 4.17. The van der Waals surface area contributed by atoms with E-state index in [9.17, 15) is 10.1 Å². The maximum absolute atomic E-state index is 13.4. The molecule has 2 heterocycles. The Morgan fingerprint density at radius 2 is 1.79 bits per heavy atom. The van der Waals surface area contributed by atoms with Crippen LogP contribution in [0, 0.1) is 18.3 Å². The zero-order valence-electron chi connectivity index (χ0n) is 22.4. The van der Waals surface area contributed by atoms with E-state index in [-0.39, 0.29) is 11.8 Å². The number of oxazole rings is 1. The standard InChI is InChI=1S/C31H33N5O2/c1-21-25(19-32)27-29(38-30(33-27)31(37)35(4)17-15-22-11-7-5-8-12-22)28(26(21)23-13-9-6-10-14-23)36-18-16-24(20-36)34(2)3/h5-14,24H,15-18,20H2,1-4H3. The highest BCUT2D eigenvalue weighted by Gasteiger charge is 2.32. The molecule has 1 saturated heterocycles. The van der Waals surface area contributed by atoms with E-state index in [2.05, 4.69) is 47.1 Å². The van der Waals surface area contributed by atoms with E-state index in [1.165, 1.54) is 0 Å². The molecule has 5 rings (SSSR count). The first-order valence-electron chi connectivity index (χ1n) is 13.0. The lowest BCUT2D eigenvalue weighted by Gasteiger charge is -2.25. The predicted octanol–water partition coefficient (Wildman–Crippen LogP) is 5.13. The fourth-order valence-electron chi connectivity index (χ4n) is 5.30. The lowest BCUT2D eigenvalue weighted by Crippen LogP contribution is -2.31. The smallest absolute Gasteiger partial charge is 0.309 e. The van der Waals surface area contributed by atoms with Crippen LogP contribution >= 0.6 is 0 Å². The molecule has 0 N–H and O–H groups in total. The second kappa shape index (κ2) is 10.7. The van der Waals surface area contributed by atoms with Crippen molar-refractivity contribution in [3.63, 3.8) is 0 Å². The van der Waals surface area contributed by atoms with Crippen molar-refractivity contribution in [3.8, 4) is 17.2 Å². The van der Waals surface area contributed by atoms with Crippen LogP contribution in [0.25, 0.3) is 22.2 Å². The van der Waals surface area contributed by atoms with Crippen LogP contribution in [-0.4, -0.2) is 67.5 Å². The van der Waals surface area contributed by atoms with Crippen LogP contribution in [0.1, 0.15) is 33.8 Å². The minimum absolute atomic E-state index is 0.0151. The van der Waals surface area contributed by atoms with E-state index < -0.39 is 0 Å². The first kappa shape index (κ1) is 25.5. The molecule has 0 spiro atoms. The van der Waals surface area contributed by atoms with E-state index in [4.69, 9.17) is 4.42 Å². The van der Waals surface area contributed by atoms with Gasteiger partial charge in [0.15, 0.2) is 5.58 Å². The summed E-state index contributed by atoms with van der Waals surface area (Å²) in [5.74, 6) is -0.278. The Kier molecular flexibility index (Phi) is 7.17. The number of nitrogens with zero attached hydrogens (tertiary/aromatic N) is 5. The Morgan fingerprint density at radius 3 is 2.42 bits per heavy atom. The molecule has 7 nitrogen and oxygen atoms in total. The molecule has 7 heteroatoms. The molecule has 194 valence electrons. The molecule has 0 bridgehead atoms. The van der Waals surface area contributed by atoms with Crippen LogP contribution in [-0.2, 0) is 6.42 Å². The first-order valence-corrected chi connectivity index (χ1v) is 13.0. The monoisotopic (exact) mass is 507 g/mol. The number of benzene rings is 3. The summed E-state index contributed by atoms with van der Waals surface area (Å²) < 4.78 is 6.29. The molecule has 4 aromatic rings.